The van der Waals surface area contributed by atoms with Crippen molar-refractivity contribution in [3.8, 4) is 5.75 Å². The third kappa shape index (κ3) is 6.08. The van der Waals surface area contributed by atoms with Gasteiger partial charge in [-0.3, -0.25) is 20.4 Å². The van der Waals surface area contributed by atoms with Crippen LogP contribution in [0.4, 0.5) is 4.39 Å². The number of amides is 2. The van der Waals surface area contributed by atoms with Crippen LogP contribution in [0.5, 0.6) is 5.75 Å². The highest BCUT2D eigenvalue weighted by Crippen LogP contribution is 2.18. The zero-order valence-electron chi connectivity index (χ0n) is 13.6. The van der Waals surface area contributed by atoms with Crippen LogP contribution in [0, 0.1) is 5.82 Å². The molecule has 0 saturated heterocycles. The molecule has 132 valence electrons. The van der Waals surface area contributed by atoms with Crippen LogP contribution in [-0.2, 0) is 22.4 Å². The molecule has 5 nitrogen and oxygen atoms in total. The Balaban J connectivity index is 1.74. The van der Waals surface area contributed by atoms with Crippen molar-refractivity contribution in [3.05, 3.63) is 64.4 Å². The van der Waals surface area contributed by atoms with Crippen LogP contribution in [0.3, 0.4) is 0 Å². The lowest BCUT2D eigenvalue weighted by atomic mass is 10.1. The molecular weight excluding hydrogens is 347 g/mol. The van der Waals surface area contributed by atoms with Crippen molar-refractivity contribution in [1.82, 2.24) is 10.9 Å². The number of nitrogens with one attached hydrogen (secondary N) is 2. The quantitative estimate of drug-likeness (QED) is 0.774. The molecule has 0 atom stereocenters. The van der Waals surface area contributed by atoms with Crippen LogP contribution in [0.25, 0.3) is 0 Å². The van der Waals surface area contributed by atoms with Crippen LogP contribution in [0.2, 0.25) is 5.02 Å². The van der Waals surface area contributed by atoms with E-state index in [1.807, 2.05) is 0 Å². The van der Waals surface area contributed by atoms with E-state index in [2.05, 4.69) is 10.9 Å². The second kappa shape index (κ2) is 9.03. The summed E-state index contributed by atoms with van der Waals surface area (Å²) in [6.07, 6.45) is 0.591. The lowest BCUT2D eigenvalue weighted by Gasteiger charge is -2.08. The van der Waals surface area contributed by atoms with E-state index < -0.39 is 5.82 Å². The first-order valence-corrected chi connectivity index (χ1v) is 8.00. The maximum Gasteiger partial charge on any atom is 0.242 e. The van der Waals surface area contributed by atoms with Gasteiger partial charge in [0.05, 0.1) is 13.5 Å². The molecule has 0 aliphatic rings. The number of rotatable bonds is 6. The van der Waals surface area contributed by atoms with Gasteiger partial charge in [-0.15, -0.1) is 0 Å². The lowest BCUT2D eigenvalue weighted by molar-refractivity contribution is -0.128. The van der Waals surface area contributed by atoms with Crippen molar-refractivity contribution in [3.63, 3.8) is 0 Å². The van der Waals surface area contributed by atoms with Gasteiger partial charge in [-0.25, -0.2) is 4.39 Å². The van der Waals surface area contributed by atoms with Crippen molar-refractivity contribution >= 4 is 23.4 Å². The van der Waals surface area contributed by atoms with Gasteiger partial charge in [0, 0.05) is 11.4 Å². The number of carbonyl (C=O) groups excluding carboxylic acids is 2. The average Bonchev–Trinajstić information content (AvgIpc) is 2.60. The minimum Gasteiger partial charge on any atom is -0.494 e. The van der Waals surface area contributed by atoms with Gasteiger partial charge < -0.3 is 4.74 Å². The van der Waals surface area contributed by atoms with Gasteiger partial charge in [0.2, 0.25) is 11.8 Å². The zero-order valence-corrected chi connectivity index (χ0v) is 14.4. The molecule has 2 aromatic carbocycles. The van der Waals surface area contributed by atoms with Crippen LogP contribution in [-0.4, -0.2) is 18.9 Å². The van der Waals surface area contributed by atoms with Gasteiger partial charge in [-0.2, -0.15) is 0 Å². The molecule has 0 saturated carbocycles. The molecule has 25 heavy (non-hydrogen) atoms. The first-order chi connectivity index (χ1) is 12.0. The Morgan fingerprint density at radius 2 is 1.68 bits per heavy atom. The van der Waals surface area contributed by atoms with Crippen molar-refractivity contribution in [2.75, 3.05) is 7.11 Å². The summed E-state index contributed by atoms with van der Waals surface area (Å²) >= 11 is 5.77. The highest BCUT2D eigenvalue weighted by molar-refractivity contribution is 6.30. The number of aryl methyl sites for hydroxylation is 1. The van der Waals surface area contributed by atoms with Gasteiger partial charge in [-0.05, 0) is 41.8 Å². The average molecular weight is 365 g/mol. The monoisotopic (exact) mass is 364 g/mol. The summed E-state index contributed by atoms with van der Waals surface area (Å²) in [4.78, 5) is 23.5. The van der Waals surface area contributed by atoms with E-state index in [4.69, 9.17) is 16.3 Å². The molecule has 2 N–H and O–H groups in total. The molecule has 2 amide bonds. The highest BCUT2D eigenvalue weighted by Gasteiger charge is 2.08. The Morgan fingerprint density at radius 1 is 1.04 bits per heavy atom. The Hall–Kier alpha value is -2.60. The minimum absolute atomic E-state index is 0.118. The molecule has 7 heteroatoms. The normalized spacial score (nSPS) is 10.2. The third-order valence-electron chi connectivity index (χ3n) is 3.48. The predicted molar refractivity (Wildman–Crippen MR) is 92.7 cm³/mol. The lowest BCUT2D eigenvalue weighted by Crippen LogP contribution is -2.42. The van der Waals surface area contributed by atoms with Crippen LogP contribution < -0.4 is 15.6 Å². The van der Waals surface area contributed by atoms with E-state index in [1.165, 1.54) is 19.2 Å². The second-order valence-corrected chi connectivity index (χ2v) is 5.80. The van der Waals surface area contributed by atoms with Crippen LogP contribution in [0.15, 0.2) is 42.5 Å². The largest absolute Gasteiger partial charge is 0.494 e. The highest BCUT2D eigenvalue weighted by atomic mass is 35.5. The van der Waals surface area contributed by atoms with Gasteiger partial charge in [0.15, 0.2) is 11.6 Å². The summed E-state index contributed by atoms with van der Waals surface area (Å²) in [6.45, 7) is 0. The van der Waals surface area contributed by atoms with Crippen LogP contribution in [0.1, 0.15) is 17.5 Å². The smallest absolute Gasteiger partial charge is 0.242 e. The summed E-state index contributed by atoms with van der Waals surface area (Å²) in [5, 5.41) is 0.590. The summed E-state index contributed by atoms with van der Waals surface area (Å²) in [7, 11) is 1.39. The fraction of sp³-hybridized carbons (Fsp3) is 0.222. The number of hydrazine groups is 1. The Bertz CT molecular complexity index is 750. The molecule has 0 aliphatic carbocycles. The fourth-order valence-electron chi connectivity index (χ4n) is 2.16. The fourth-order valence-corrected chi connectivity index (χ4v) is 2.28. The van der Waals surface area contributed by atoms with Crippen molar-refractivity contribution in [2.45, 2.75) is 19.3 Å². The van der Waals surface area contributed by atoms with Crippen molar-refractivity contribution in [1.29, 1.82) is 0 Å². The summed E-state index contributed by atoms with van der Waals surface area (Å²) in [5.41, 5.74) is 6.13. The number of hydrogen-bond acceptors (Lipinski definition) is 3. The maximum atomic E-state index is 13.6. The van der Waals surface area contributed by atoms with E-state index in [9.17, 15) is 14.0 Å². The predicted octanol–water partition coefficient (Wildman–Crippen LogP) is 2.81. The summed E-state index contributed by atoms with van der Waals surface area (Å²) in [5.74, 6) is -1.02. The number of benzene rings is 2. The van der Waals surface area contributed by atoms with Crippen LogP contribution >= 0.6 is 11.6 Å². The molecule has 0 heterocycles. The zero-order chi connectivity index (χ0) is 18.2. The van der Waals surface area contributed by atoms with E-state index in [0.29, 0.717) is 17.0 Å². The van der Waals surface area contributed by atoms with Gasteiger partial charge >= 0.3 is 0 Å². The molecule has 0 unspecified atom stereocenters. The molecule has 0 aliphatic heterocycles. The van der Waals surface area contributed by atoms with E-state index in [1.54, 1.807) is 30.3 Å². The number of hydrogen-bond donors (Lipinski definition) is 2. The number of methoxy groups -OCH3 is 1. The topological polar surface area (TPSA) is 67.4 Å². The van der Waals surface area contributed by atoms with Crippen molar-refractivity contribution < 1.29 is 18.7 Å². The standard InChI is InChI=1S/C18H18ClFN2O3/c1-25-16-8-4-12(10-15(16)20)5-9-17(23)21-22-18(24)11-13-2-6-14(19)7-3-13/h2-4,6-8,10H,5,9,11H2,1H3,(H,21,23)(H,22,24). The molecule has 0 aromatic heterocycles. The first kappa shape index (κ1) is 18.7. The molecule has 0 bridgehead atoms. The Morgan fingerprint density at radius 3 is 2.32 bits per heavy atom. The second-order valence-electron chi connectivity index (χ2n) is 5.37. The van der Waals surface area contributed by atoms with Gasteiger partial charge in [-0.1, -0.05) is 29.8 Å². The number of carbonyl (C=O) groups is 2. The first-order valence-electron chi connectivity index (χ1n) is 7.62. The summed E-state index contributed by atoms with van der Waals surface area (Å²) < 4.78 is 18.4. The van der Waals surface area contributed by atoms with E-state index in [-0.39, 0.29) is 30.4 Å². The summed E-state index contributed by atoms with van der Waals surface area (Å²) in [6, 6.07) is 11.4. The third-order valence-corrected chi connectivity index (χ3v) is 3.73. The number of ether oxygens (including phenoxy) is 1. The SMILES string of the molecule is COc1ccc(CCC(=O)NNC(=O)Cc2ccc(Cl)cc2)cc1F. The molecule has 2 aromatic rings. The van der Waals surface area contributed by atoms with E-state index >= 15 is 0 Å². The molecule has 0 spiro atoms. The number of halogens is 2. The van der Waals surface area contributed by atoms with Crippen molar-refractivity contribution in [2.24, 2.45) is 0 Å². The molecule has 0 fully saturated rings. The minimum atomic E-state index is -0.475. The van der Waals surface area contributed by atoms with Gasteiger partial charge in [0.1, 0.15) is 0 Å². The molecular formula is C18H18ClFN2O3. The maximum absolute atomic E-state index is 13.6. The Kier molecular flexibility index (Phi) is 6.77. The molecule has 0 radical (unpaired) electrons. The van der Waals surface area contributed by atoms with Gasteiger partial charge in [0.25, 0.3) is 0 Å². The Labute approximate surface area is 150 Å². The van der Waals surface area contributed by atoms with E-state index in [0.717, 1.165) is 5.56 Å². The molecule has 2 rings (SSSR count).